The van der Waals surface area contributed by atoms with E-state index in [0.29, 0.717) is 0 Å². The molecule has 0 spiro atoms. The second-order valence-electron chi connectivity index (χ2n) is 5.47. The fourth-order valence-corrected chi connectivity index (χ4v) is 4.08. The summed E-state index contributed by atoms with van der Waals surface area (Å²) in [6.45, 7) is -0.813. The summed E-state index contributed by atoms with van der Waals surface area (Å²) >= 11 is 0. The minimum Gasteiger partial charge on any atom is -0.387 e. The predicted molar refractivity (Wildman–Crippen MR) is 91.3 cm³/mol. The number of phosphoric acid groups is 2. The van der Waals surface area contributed by atoms with E-state index in [9.17, 15) is 24.2 Å². The Morgan fingerprint density at radius 3 is 2.50 bits per heavy atom. The second-order valence-corrected chi connectivity index (χ2v) is 8.30. The third kappa shape index (κ3) is 4.72. The summed E-state index contributed by atoms with van der Waals surface area (Å²) in [5.41, 5.74) is 6.11. The molecule has 5 unspecified atom stereocenters. The van der Waals surface area contributed by atoms with Crippen LogP contribution in [-0.4, -0.2) is 69.3 Å². The summed E-state index contributed by atoms with van der Waals surface area (Å²) < 4.78 is 36.8. The molecule has 5 atom stereocenters. The van der Waals surface area contributed by atoms with Crippen molar-refractivity contribution in [2.45, 2.75) is 32.0 Å². The number of rotatable bonds is 6. The zero-order chi connectivity index (χ0) is 20.0. The van der Waals surface area contributed by atoms with Crippen LogP contribution in [0.3, 0.4) is 0 Å². The maximum absolute atomic E-state index is 11.5. The molecular weight excluding hydrogens is 424 g/mol. The minimum atomic E-state index is -5.29. The smallest absolute Gasteiger partial charge is 0.387 e. The number of ether oxygens (including phenoxy) is 1. The maximum Gasteiger partial charge on any atom is 0.481 e. The van der Waals surface area contributed by atoms with Gasteiger partial charge in [0.1, 0.15) is 30.2 Å². The number of fused-ring (bicyclic) bond motifs is 1. The van der Waals surface area contributed by atoms with E-state index in [1.807, 2.05) is 0 Å². The highest BCUT2D eigenvalue weighted by Crippen LogP contribution is 2.57. The van der Waals surface area contributed by atoms with Gasteiger partial charge < -0.3 is 35.4 Å². The first-order valence-corrected chi connectivity index (χ1v) is 10.2. The molecule has 3 rings (SSSR count). The van der Waals surface area contributed by atoms with Crippen LogP contribution in [0.1, 0.15) is 13.7 Å². The number of phosphoric ester groups is 1. The van der Waals surface area contributed by atoms with Crippen molar-refractivity contribution in [2.75, 3.05) is 12.3 Å². The molecule has 0 radical (unpaired) electrons. The molecule has 15 nitrogen and oxygen atoms in total. The number of aliphatic hydroxyl groups is 2. The Morgan fingerprint density at radius 1 is 1.18 bits per heavy atom. The largest absolute Gasteiger partial charge is 0.481 e. The summed E-state index contributed by atoms with van der Waals surface area (Å²) in [7, 11) is -10.4. The average molecular weight is 443 g/mol. The summed E-state index contributed by atoms with van der Waals surface area (Å²) in [6.07, 6.45) is -3.20. The first-order valence-electron chi connectivity index (χ1n) is 7.17. The van der Waals surface area contributed by atoms with Gasteiger partial charge in [-0.2, -0.15) is 4.31 Å². The Morgan fingerprint density at radius 2 is 1.86 bits per heavy atom. The van der Waals surface area contributed by atoms with E-state index >= 15 is 0 Å². The number of anilines is 1. The van der Waals surface area contributed by atoms with Gasteiger partial charge >= 0.3 is 15.6 Å². The van der Waals surface area contributed by atoms with Crippen molar-refractivity contribution in [3.8, 4) is 0 Å². The molecule has 2 aromatic rings. The van der Waals surface area contributed by atoms with E-state index in [2.05, 4.69) is 23.8 Å². The van der Waals surface area contributed by atoms with Gasteiger partial charge in [0, 0.05) is 0 Å². The van der Waals surface area contributed by atoms with Gasteiger partial charge in [0.05, 0.1) is 12.9 Å². The van der Waals surface area contributed by atoms with Crippen LogP contribution in [0.5, 0.6) is 0 Å². The minimum absolute atomic E-state index is 0. The van der Waals surface area contributed by atoms with Crippen LogP contribution in [0.4, 0.5) is 5.82 Å². The van der Waals surface area contributed by atoms with E-state index in [4.69, 9.17) is 20.3 Å². The number of hydrogen-bond acceptors (Lipinski definition) is 11. The lowest BCUT2D eigenvalue weighted by Gasteiger charge is -2.17. The van der Waals surface area contributed by atoms with Crippen molar-refractivity contribution in [1.82, 2.24) is 19.5 Å². The molecule has 1 aliphatic heterocycles. The van der Waals surface area contributed by atoms with Crippen LogP contribution in [-0.2, 0) is 22.7 Å². The van der Waals surface area contributed by atoms with Crippen LogP contribution < -0.4 is 5.73 Å². The van der Waals surface area contributed by atoms with Crippen molar-refractivity contribution < 1.29 is 47.6 Å². The number of aromatic nitrogens is 4. The average Bonchev–Trinajstić information content (AvgIpc) is 3.07. The van der Waals surface area contributed by atoms with Gasteiger partial charge in [-0.3, -0.25) is 9.09 Å². The molecule has 1 saturated heterocycles. The van der Waals surface area contributed by atoms with Gasteiger partial charge in [-0.15, -0.1) is 0 Å². The standard InChI is InChI=1S/C10H15N5O10P2.CH4/c11-8-5-9(13-2-12-8)15(3-14-5)10-7(17)6(16)4(24-10)1-23-27(21,22)25-26(18,19)20;/h2-4,6-7,10,16-17H,1H2,(H,21,22)(H2,11,12,13)(H2,18,19,20);1H4. The highest BCUT2D eigenvalue weighted by molar-refractivity contribution is 7.60. The molecular formula is C11H19N5O10P2. The quantitative estimate of drug-likeness (QED) is 0.291. The highest BCUT2D eigenvalue weighted by Gasteiger charge is 2.46. The Hall–Kier alpha value is -1.51. The summed E-state index contributed by atoms with van der Waals surface area (Å²) in [4.78, 5) is 38.1. The molecule has 158 valence electrons. The third-order valence-corrected chi connectivity index (χ3v) is 5.76. The molecule has 2 aromatic heterocycles. The fraction of sp³-hybridized carbons (Fsp3) is 0.545. The van der Waals surface area contributed by atoms with E-state index < -0.39 is 46.8 Å². The lowest BCUT2D eigenvalue weighted by Crippen LogP contribution is -2.33. The van der Waals surface area contributed by atoms with E-state index in [-0.39, 0.29) is 24.4 Å². The second kappa shape index (κ2) is 8.08. The van der Waals surface area contributed by atoms with E-state index in [0.717, 1.165) is 6.33 Å². The molecule has 0 amide bonds. The van der Waals surface area contributed by atoms with Gasteiger partial charge in [-0.1, -0.05) is 7.43 Å². The lowest BCUT2D eigenvalue weighted by molar-refractivity contribution is -0.0503. The van der Waals surface area contributed by atoms with Crippen LogP contribution >= 0.6 is 15.6 Å². The fourth-order valence-electron chi connectivity index (χ4n) is 2.48. The number of hydrogen-bond donors (Lipinski definition) is 6. The van der Waals surface area contributed by atoms with Crippen LogP contribution in [0.15, 0.2) is 12.7 Å². The van der Waals surface area contributed by atoms with E-state index in [1.54, 1.807) is 0 Å². The zero-order valence-corrected chi connectivity index (χ0v) is 15.0. The SMILES string of the molecule is C.Nc1ncnc2c1ncn2C1OC(COP(=O)(O)OP(=O)(O)O)C(O)C1O. The van der Waals surface area contributed by atoms with Crippen molar-refractivity contribution in [3.05, 3.63) is 12.7 Å². The van der Waals surface area contributed by atoms with Gasteiger partial charge in [0.2, 0.25) is 0 Å². The molecule has 0 saturated carbocycles. The summed E-state index contributed by atoms with van der Waals surface area (Å²) in [5, 5.41) is 20.3. The Balaban J connectivity index is 0.00000280. The normalized spacial score (nSPS) is 27.5. The van der Waals surface area contributed by atoms with E-state index in [1.165, 1.54) is 10.9 Å². The number of aliphatic hydroxyl groups excluding tert-OH is 2. The van der Waals surface area contributed by atoms with Crippen LogP contribution in [0, 0.1) is 0 Å². The maximum atomic E-state index is 11.5. The predicted octanol–water partition coefficient (Wildman–Crippen LogP) is -1.11. The topological polar surface area (TPSA) is 233 Å². The molecule has 28 heavy (non-hydrogen) atoms. The molecule has 0 aromatic carbocycles. The van der Waals surface area contributed by atoms with Crippen molar-refractivity contribution in [3.63, 3.8) is 0 Å². The Kier molecular flexibility index (Phi) is 6.57. The molecule has 0 aliphatic carbocycles. The van der Waals surface area contributed by atoms with Crippen LogP contribution in [0.2, 0.25) is 0 Å². The number of nitrogens with zero attached hydrogens (tertiary/aromatic N) is 4. The molecule has 1 aliphatic rings. The highest BCUT2D eigenvalue weighted by atomic mass is 31.3. The third-order valence-electron chi connectivity index (χ3n) is 3.61. The lowest BCUT2D eigenvalue weighted by atomic mass is 10.1. The molecule has 7 N–H and O–H groups in total. The summed E-state index contributed by atoms with van der Waals surface area (Å²) in [5.74, 6) is 0.0856. The number of nitrogens with two attached hydrogens (primary N) is 1. The molecule has 0 bridgehead atoms. The van der Waals surface area contributed by atoms with Crippen molar-refractivity contribution in [2.24, 2.45) is 0 Å². The zero-order valence-electron chi connectivity index (χ0n) is 13.2. The van der Waals surface area contributed by atoms with Crippen molar-refractivity contribution in [1.29, 1.82) is 0 Å². The van der Waals surface area contributed by atoms with Gasteiger partial charge in [-0.25, -0.2) is 24.1 Å². The van der Waals surface area contributed by atoms with Crippen molar-refractivity contribution >= 4 is 32.6 Å². The number of nitrogen functional groups attached to an aromatic ring is 1. The monoisotopic (exact) mass is 443 g/mol. The molecule has 17 heteroatoms. The Labute approximate surface area is 157 Å². The molecule has 3 heterocycles. The molecule has 1 fully saturated rings. The first-order chi connectivity index (χ1) is 12.5. The van der Waals surface area contributed by atoms with Gasteiger partial charge in [0.15, 0.2) is 17.7 Å². The number of imidazole rings is 1. The first kappa shape index (κ1) is 22.8. The summed E-state index contributed by atoms with van der Waals surface area (Å²) in [6, 6.07) is 0. The Bertz CT molecular complexity index is 934. The van der Waals surface area contributed by atoms with Crippen LogP contribution in [0.25, 0.3) is 11.2 Å². The van der Waals surface area contributed by atoms with Gasteiger partial charge in [-0.05, 0) is 0 Å². The van der Waals surface area contributed by atoms with Gasteiger partial charge in [0.25, 0.3) is 0 Å².